The van der Waals surface area contributed by atoms with Crippen molar-refractivity contribution in [2.75, 3.05) is 27.3 Å². The van der Waals surface area contributed by atoms with Crippen LogP contribution in [0.25, 0.3) is 0 Å². The number of nitrogens with one attached hydrogen (secondary N) is 2. The number of piperidine rings is 1. The summed E-state index contributed by atoms with van der Waals surface area (Å²) in [5.74, 6) is 0.606. The second-order valence-corrected chi connectivity index (χ2v) is 3.47. The van der Waals surface area contributed by atoms with Gasteiger partial charge in [0, 0.05) is 20.8 Å². The molecule has 1 aliphatic rings. The molecule has 0 saturated carbocycles. The van der Waals surface area contributed by atoms with Crippen LogP contribution in [0, 0.1) is 5.92 Å². The van der Waals surface area contributed by atoms with Crippen molar-refractivity contribution in [2.24, 2.45) is 5.92 Å². The fourth-order valence-corrected chi connectivity index (χ4v) is 1.76. The number of ether oxygens (including phenoxy) is 1. The quantitative estimate of drug-likeness (QED) is 0.639. The van der Waals surface area contributed by atoms with Crippen LogP contribution in [0.2, 0.25) is 0 Å². The summed E-state index contributed by atoms with van der Waals surface area (Å²) in [5.41, 5.74) is 0. The molecule has 0 aromatic rings. The molecule has 1 aliphatic heterocycles. The number of hydrogen-bond acceptors (Lipinski definition) is 3. The lowest BCUT2D eigenvalue weighted by atomic mass is 9.93. The monoisotopic (exact) mass is 186 g/mol. The Morgan fingerprint density at radius 2 is 2.46 bits per heavy atom. The normalized spacial score (nSPS) is 28.5. The molecule has 2 N–H and O–H groups in total. The summed E-state index contributed by atoms with van der Waals surface area (Å²) in [6.07, 6.45) is 1.98. The summed E-state index contributed by atoms with van der Waals surface area (Å²) in [6.45, 7) is 1.67. The van der Waals surface area contributed by atoms with Crippen LogP contribution in [0.3, 0.4) is 0 Å². The van der Waals surface area contributed by atoms with Gasteiger partial charge in [-0.3, -0.25) is 4.79 Å². The molecule has 2 unspecified atom stereocenters. The first kappa shape index (κ1) is 10.5. The molecule has 0 aliphatic carbocycles. The first-order valence-electron chi connectivity index (χ1n) is 4.71. The molecule has 1 fully saturated rings. The summed E-state index contributed by atoms with van der Waals surface area (Å²) in [6, 6.07) is -0.0288. The molecule has 76 valence electrons. The molecule has 1 amide bonds. The van der Waals surface area contributed by atoms with Crippen molar-refractivity contribution in [3.63, 3.8) is 0 Å². The Labute approximate surface area is 79.0 Å². The van der Waals surface area contributed by atoms with Crippen LogP contribution in [0.15, 0.2) is 0 Å². The summed E-state index contributed by atoms with van der Waals surface area (Å²) in [7, 11) is 3.38. The standard InChI is InChI=1S/C9H18N2O2/c1-10-9(12)8-5-7(6-13-2)3-4-11-8/h7-8,11H,3-6H2,1-2H3,(H,10,12). The van der Waals surface area contributed by atoms with Crippen LogP contribution >= 0.6 is 0 Å². The second-order valence-electron chi connectivity index (χ2n) is 3.47. The molecular formula is C9H18N2O2. The van der Waals surface area contributed by atoms with Gasteiger partial charge in [0.15, 0.2) is 0 Å². The Kier molecular flexibility index (Phi) is 4.18. The predicted molar refractivity (Wildman–Crippen MR) is 50.5 cm³/mol. The zero-order valence-corrected chi connectivity index (χ0v) is 8.30. The molecule has 0 aromatic carbocycles. The number of likely N-dealkylation sites (N-methyl/N-ethyl adjacent to an activating group) is 1. The molecule has 0 aromatic heterocycles. The Morgan fingerprint density at radius 3 is 3.08 bits per heavy atom. The van der Waals surface area contributed by atoms with Gasteiger partial charge in [0.1, 0.15) is 0 Å². The van der Waals surface area contributed by atoms with Crippen molar-refractivity contribution in [1.29, 1.82) is 0 Å². The lowest BCUT2D eigenvalue weighted by molar-refractivity contribution is -0.123. The molecule has 1 saturated heterocycles. The van der Waals surface area contributed by atoms with E-state index in [1.807, 2.05) is 0 Å². The molecule has 4 heteroatoms. The summed E-state index contributed by atoms with van der Waals surface area (Å²) >= 11 is 0. The molecule has 1 heterocycles. The third-order valence-electron chi connectivity index (χ3n) is 2.48. The number of carbonyl (C=O) groups is 1. The predicted octanol–water partition coefficient (Wildman–Crippen LogP) is -0.253. The number of amides is 1. The Balaban J connectivity index is 2.37. The smallest absolute Gasteiger partial charge is 0.236 e. The molecular weight excluding hydrogens is 168 g/mol. The van der Waals surface area contributed by atoms with Crippen LogP contribution in [0.5, 0.6) is 0 Å². The van der Waals surface area contributed by atoms with Gasteiger partial charge in [0.05, 0.1) is 6.04 Å². The van der Waals surface area contributed by atoms with E-state index in [4.69, 9.17) is 4.74 Å². The van der Waals surface area contributed by atoms with Crippen LogP contribution < -0.4 is 10.6 Å². The number of methoxy groups -OCH3 is 1. The van der Waals surface area contributed by atoms with Gasteiger partial charge >= 0.3 is 0 Å². The maximum atomic E-state index is 11.3. The largest absolute Gasteiger partial charge is 0.384 e. The fraction of sp³-hybridized carbons (Fsp3) is 0.889. The van der Waals surface area contributed by atoms with Gasteiger partial charge in [0.2, 0.25) is 5.91 Å². The van der Waals surface area contributed by atoms with Crippen LogP contribution in [0.1, 0.15) is 12.8 Å². The van der Waals surface area contributed by atoms with Crippen molar-refractivity contribution in [2.45, 2.75) is 18.9 Å². The number of carbonyl (C=O) groups excluding carboxylic acids is 1. The number of rotatable bonds is 3. The Bertz CT molecular complexity index is 171. The SMILES string of the molecule is CNC(=O)C1CC(COC)CCN1. The van der Waals surface area contributed by atoms with Gasteiger partial charge in [-0.2, -0.15) is 0 Å². The first-order valence-corrected chi connectivity index (χ1v) is 4.71. The van der Waals surface area contributed by atoms with E-state index in [9.17, 15) is 4.79 Å². The van der Waals surface area contributed by atoms with Gasteiger partial charge in [0.25, 0.3) is 0 Å². The van der Waals surface area contributed by atoms with Crippen LogP contribution in [0.4, 0.5) is 0 Å². The van der Waals surface area contributed by atoms with E-state index in [1.54, 1.807) is 14.2 Å². The van der Waals surface area contributed by atoms with E-state index >= 15 is 0 Å². The summed E-state index contributed by atoms with van der Waals surface area (Å²) < 4.78 is 5.08. The highest BCUT2D eigenvalue weighted by atomic mass is 16.5. The van der Waals surface area contributed by atoms with Crippen LogP contribution in [-0.2, 0) is 9.53 Å². The average molecular weight is 186 g/mol. The topological polar surface area (TPSA) is 50.4 Å². The maximum Gasteiger partial charge on any atom is 0.236 e. The lowest BCUT2D eigenvalue weighted by Gasteiger charge is -2.28. The summed E-state index contributed by atoms with van der Waals surface area (Å²) in [5, 5.41) is 5.85. The zero-order valence-electron chi connectivity index (χ0n) is 8.30. The van der Waals surface area contributed by atoms with Gasteiger partial charge in [-0.05, 0) is 25.3 Å². The zero-order chi connectivity index (χ0) is 9.68. The average Bonchev–Trinajstić information content (AvgIpc) is 2.18. The highest BCUT2D eigenvalue weighted by Crippen LogP contribution is 2.16. The minimum Gasteiger partial charge on any atom is -0.384 e. The van der Waals surface area contributed by atoms with E-state index in [-0.39, 0.29) is 11.9 Å². The number of hydrogen-bond donors (Lipinski definition) is 2. The van der Waals surface area contributed by atoms with Crippen molar-refractivity contribution in [3.8, 4) is 0 Å². The Morgan fingerprint density at radius 1 is 1.69 bits per heavy atom. The molecule has 0 radical (unpaired) electrons. The molecule has 0 bridgehead atoms. The van der Waals surface area contributed by atoms with Gasteiger partial charge in [-0.1, -0.05) is 0 Å². The second kappa shape index (κ2) is 5.19. The van der Waals surface area contributed by atoms with E-state index in [2.05, 4.69) is 10.6 Å². The van der Waals surface area contributed by atoms with Crippen LogP contribution in [-0.4, -0.2) is 39.3 Å². The summed E-state index contributed by atoms with van der Waals surface area (Å²) in [4.78, 5) is 11.3. The van der Waals surface area contributed by atoms with Crippen molar-refractivity contribution < 1.29 is 9.53 Å². The van der Waals surface area contributed by atoms with Gasteiger partial charge < -0.3 is 15.4 Å². The van der Waals surface area contributed by atoms with Gasteiger partial charge in [-0.15, -0.1) is 0 Å². The maximum absolute atomic E-state index is 11.3. The van der Waals surface area contributed by atoms with E-state index in [0.29, 0.717) is 5.92 Å². The first-order chi connectivity index (χ1) is 6.27. The highest BCUT2D eigenvalue weighted by molar-refractivity contribution is 5.81. The highest BCUT2D eigenvalue weighted by Gasteiger charge is 2.25. The lowest BCUT2D eigenvalue weighted by Crippen LogP contribution is -2.48. The van der Waals surface area contributed by atoms with E-state index in [1.165, 1.54) is 0 Å². The molecule has 1 rings (SSSR count). The third kappa shape index (κ3) is 2.97. The molecule has 4 nitrogen and oxygen atoms in total. The minimum absolute atomic E-state index is 0.0288. The molecule has 2 atom stereocenters. The van der Waals surface area contributed by atoms with Gasteiger partial charge in [-0.25, -0.2) is 0 Å². The van der Waals surface area contributed by atoms with E-state index < -0.39 is 0 Å². The van der Waals surface area contributed by atoms with Crippen molar-refractivity contribution in [1.82, 2.24) is 10.6 Å². The minimum atomic E-state index is -0.0288. The van der Waals surface area contributed by atoms with Crippen molar-refractivity contribution >= 4 is 5.91 Å². The molecule has 13 heavy (non-hydrogen) atoms. The molecule has 0 spiro atoms. The third-order valence-corrected chi connectivity index (χ3v) is 2.48. The van der Waals surface area contributed by atoms with Crippen molar-refractivity contribution in [3.05, 3.63) is 0 Å². The van der Waals surface area contributed by atoms with E-state index in [0.717, 1.165) is 26.0 Å². The Hall–Kier alpha value is -0.610. The fourth-order valence-electron chi connectivity index (χ4n) is 1.76.